The molecule has 0 bridgehead atoms. The molecule has 2 aromatic heterocycles. The van der Waals surface area contributed by atoms with Gasteiger partial charge in [0.1, 0.15) is 17.5 Å². The number of benzene rings is 2. The number of hydrogen-bond donors (Lipinski definition) is 1. The normalized spacial score (nSPS) is 11.3. The molecule has 2 heterocycles. The zero-order chi connectivity index (χ0) is 20.0. The number of carboxylic acid groups (broad SMARTS) is 1. The summed E-state index contributed by atoms with van der Waals surface area (Å²) in [6.45, 7) is 3.82. The summed E-state index contributed by atoms with van der Waals surface area (Å²) in [7, 11) is 0. The Kier molecular flexibility index (Phi) is 4.47. The largest absolute Gasteiger partial charge is 0.477 e. The van der Waals surface area contributed by atoms with Crippen LogP contribution in [0, 0.1) is 25.5 Å². The number of aryl methyl sites for hydroxylation is 2. The van der Waals surface area contributed by atoms with Crippen molar-refractivity contribution in [3.05, 3.63) is 75.9 Å². The lowest BCUT2D eigenvalue weighted by molar-refractivity contribution is 0.0685. The van der Waals surface area contributed by atoms with Crippen LogP contribution in [0.4, 0.5) is 8.78 Å². The summed E-state index contributed by atoms with van der Waals surface area (Å²) in [5, 5.41) is 12.7. The minimum Gasteiger partial charge on any atom is -0.477 e. The van der Waals surface area contributed by atoms with Gasteiger partial charge in [-0.25, -0.2) is 18.6 Å². The molecule has 0 aliphatic carbocycles. The Balaban J connectivity index is 1.93. The lowest BCUT2D eigenvalue weighted by Gasteiger charge is -2.11. The van der Waals surface area contributed by atoms with Crippen molar-refractivity contribution >= 4 is 27.4 Å². The Morgan fingerprint density at radius 3 is 2.57 bits per heavy atom. The van der Waals surface area contributed by atoms with Crippen molar-refractivity contribution in [2.24, 2.45) is 0 Å². The van der Waals surface area contributed by atoms with Gasteiger partial charge in [-0.3, -0.25) is 0 Å². The van der Waals surface area contributed by atoms with Gasteiger partial charge in [0, 0.05) is 21.7 Å². The highest BCUT2D eigenvalue weighted by molar-refractivity contribution is 7.17. The summed E-state index contributed by atoms with van der Waals surface area (Å²) in [5.74, 6) is -2.39. The highest BCUT2D eigenvalue weighted by atomic mass is 32.1. The van der Waals surface area contributed by atoms with Gasteiger partial charge in [-0.2, -0.15) is 0 Å². The maximum Gasteiger partial charge on any atom is 0.354 e. The van der Waals surface area contributed by atoms with Crippen LogP contribution in [0.2, 0.25) is 0 Å². The van der Waals surface area contributed by atoms with E-state index in [4.69, 9.17) is 0 Å². The van der Waals surface area contributed by atoms with Crippen LogP contribution in [0.25, 0.3) is 21.5 Å². The lowest BCUT2D eigenvalue weighted by atomic mass is 10.1. The summed E-state index contributed by atoms with van der Waals surface area (Å²) in [5.41, 5.74) is 2.53. The highest BCUT2D eigenvalue weighted by Crippen LogP contribution is 2.32. The van der Waals surface area contributed by atoms with E-state index in [0.29, 0.717) is 5.69 Å². The average molecular weight is 398 g/mol. The average Bonchev–Trinajstić information content (AvgIpc) is 3.16. The number of fused-ring (bicyclic) bond motifs is 1. The molecule has 7 heteroatoms. The smallest absolute Gasteiger partial charge is 0.354 e. The molecule has 0 unspecified atom stereocenters. The minimum absolute atomic E-state index is 0.00704. The molecule has 4 rings (SSSR count). The standard InChI is InChI=1S/C21H16F2N2O2S/c1-11-4-3-5-17-18(11)14(10-28-17)9-25-19(21(26)27)12(2)24-20(25)13-6-15(22)8-16(23)7-13/h3-8,10H,9H2,1-2H3,(H,26,27). The van der Waals surface area contributed by atoms with Gasteiger partial charge in [0.05, 0.1) is 12.2 Å². The molecule has 28 heavy (non-hydrogen) atoms. The first-order valence-electron chi connectivity index (χ1n) is 8.57. The second kappa shape index (κ2) is 6.83. The van der Waals surface area contributed by atoms with Crippen molar-refractivity contribution in [1.29, 1.82) is 0 Å². The Morgan fingerprint density at radius 1 is 1.18 bits per heavy atom. The Labute approximate surface area is 163 Å². The first-order chi connectivity index (χ1) is 13.3. The van der Waals surface area contributed by atoms with Crippen molar-refractivity contribution in [2.45, 2.75) is 20.4 Å². The van der Waals surface area contributed by atoms with Crippen LogP contribution in [-0.2, 0) is 6.54 Å². The number of carbonyl (C=O) groups is 1. The van der Waals surface area contributed by atoms with Crippen LogP contribution in [0.3, 0.4) is 0 Å². The van der Waals surface area contributed by atoms with E-state index < -0.39 is 17.6 Å². The summed E-state index contributed by atoms with van der Waals surface area (Å²) in [4.78, 5) is 16.2. The first kappa shape index (κ1) is 18.3. The van der Waals surface area contributed by atoms with E-state index in [1.54, 1.807) is 18.3 Å². The zero-order valence-corrected chi connectivity index (χ0v) is 16.0. The first-order valence-corrected chi connectivity index (χ1v) is 9.45. The lowest BCUT2D eigenvalue weighted by Crippen LogP contribution is -2.12. The molecule has 4 nitrogen and oxygen atoms in total. The van der Waals surface area contributed by atoms with Gasteiger partial charge < -0.3 is 9.67 Å². The monoisotopic (exact) mass is 398 g/mol. The maximum atomic E-state index is 13.8. The van der Waals surface area contributed by atoms with Gasteiger partial charge in [-0.05, 0) is 48.6 Å². The van der Waals surface area contributed by atoms with E-state index in [1.165, 1.54) is 4.57 Å². The number of halogens is 2. The van der Waals surface area contributed by atoms with Crippen LogP contribution in [0.1, 0.15) is 27.3 Å². The van der Waals surface area contributed by atoms with Gasteiger partial charge in [0.25, 0.3) is 0 Å². The number of hydrogen-bond acceptors (Lipinski definition) is 3. The molecule has 142 valence electrons. The molecule has 0 atom stereocenters. The molecular formula is C21H16F2N2O2S. The van der Waals surface area contributed by atoms with Crippen LogP contribution >= 0.6 is 11.3 Å². The second-order valence-electron chi connectivity index (χ2n) is 6.63. The molecular weight excluding hydrogens is 382 g/mol. The number of rotatable bonds is 4. The van der Waals surface area contributed by atoms with Crippen molar-refractivity contribution in [3.8, 4) is 11.4 Å². The maximum absolute atomic E-state index is 13.8. The van der Waals surface area contributed by atoms with E-state index in [2.05, 4.69) is 4.98 Å². The van der Waals surface area contributed by atoms with E-state index in [-0.39, 0.29) is 23.6 Å². The Bertz CT molecular complexity index is 1210. The molecule has 0 amide bonds. The van der Waals surface area contributed by atoms with Crippen molar-refractivity contribution in [3.63, 3.8) is 0 Å². The van der Waals surface area contributed by atoms with Crippen molar-refractivity contribution in [1.82, 2.24) is 9.55 Å². The van der Waals surface area contributed by atoms with Gasteiger partial charge in [0.15, 0.2) is 5.69 Å². The molecule has 4 aromatic rings. The predicted molar refractivity (Wildman–Crippen MR) is 105 cm³/mol. The fourth-order valence-electron chi connectivity index (χ4n) is 3.53. The molecule has 0 aliphatic heterocycles. The zero-order valence-electron chi connectivity index (χ0n) is 15.2. The Morgan fingerprint density at radius 2 is 1.89 bits per heavy atom. The van der Waals surface area contributed by atoms with Crippen LogP contribution in [0.5, 0.6) is 0 Å². The summed E-state index contributed by atoms with van der Waals surface area (Å²) < 4.78 is 30.1. The van der Waals surface area contributed by atoms with Crippen molar-refractivity contribution in [2.75, 3.05) is 0 Å². The summed E-state index contributed by atoms with van der Waals surface area (Å²) >= 11 is 1.57. The molecule has 0 spiro atoms. The predicted octanol–water partition coefficient (Wildman–Crippen LogP) is 5.41. The molecule has 0 saturated heterocycles. The Hall–Kier alpha value is -3.06. The van der Waals surface area contributed by atoms with E-state index in [9.17, 15) is 18.7 Å². The van der Waals surface area contributed by atoms with Crippen LogP contribution < -0.4 is 0 Å². The van der Waals surface area contributed by atoms with E-state index in [1.807, 2.05) is 30.5 Å². The number of carboxylic acids is 1. The summed E-state index contributed by atoms with van der Waals surface area (Å²) in [6, 6.07) is 9.07. The van der Waals surface area contributed by atoms with Gasteiger partial charge in [-0.1, -0.05) is 12.1 Å². The van der Waals surface area contributed by atoms with Crippen LogP contribution in [0.15, 0.2) is 41.8 Å². The van der Waals surface area contributed by atoms with Crippen LogP contribution in [-0.4, -0.2) is 20.6 Å². The van der Waals surface area contributed by atoms with Gasteiger partial charge in [0.2, 0.25) is 0 Å². The van der Waals surface area contributed by atoms with Gasteiger partial charge >= 0.3 is 5.97 Å². The third-order valence-corrected chi connectivity index (χ3v) is 5.67. The van der Waals surface area contributed by atoms with E-state index >= 15 is 0 Å². The topological polar surface area (TPSA) is 55.1 Å². The van der Waals surface area contributed by atoms with E-state index in [0.717, 1.165) is 39.4 Å². The number of nitrogens with zero attached hydrogens (tertiary/aromatic N) is 2. The quantitative estimate of drug-likeness (QED) is 0.500. The van der Waals surface area contributed by atoms with Gasteiger partial charge in [-0.15, -0.1) is 11.3 Å². The molecule has 0 saturated carbocycles. The molecule has 0 aliphatic rings. The number of imidazole rings is 1. The third kappa shape index (κ3) is 3.07. The molecule has 1 N–H and O–H groups in total. The molecule has 0 radical (unpaired) electrons. The highest BCUT2D eigenvalue weighted by Gasteiger charge is 2.23. The third-order valence-electron chi connectivity index (χ3n) is 4.68. The van der Waals surface area contributed by atoms with Crippen molar-refractivity contribution < 1.29 is 18.7 Å². The fraction of sp³-hybridized carbons (Fsp3) is 0.143. The second-order valence-corrected chi connectivity index (χ2v) is 7.54. The number of thiophene rings is 1. The SMILES string of the molecule is Cc1nc(-c2cc(F)cc(F)c2)n(Cc2csc3cccc(C)c23)c1C(=O)O. The minimum atomic E-state index is -1.13. The molecule has 2 aromatic carbocycles. The number of aromatic carboxylic acids is 1. The fourth-order valence-corrected chi connectivity index (χ4v) is 4.56. The molecule has 0 fully saturated rings. The summed E-state index contributed by atoms with van der Waals surface area (Å²) in [6.07, 6.45) is 0. The number of aromatic nitrogens is 2.